The fraction of sp³-hybridized carbons (Fsp3) is 0.565. The molecule has 152 valence electrons. The second kappa shape index (κ2) is 8.93. The molecule has 28 heavy (non-hydrogen) atoms. The van der Waals surface area contributed by atoms with Gasteiger partial charge in [0.1, 0.15) is 0 Å². The molecule has 2 aromatic carbocycles. The first kappa shape index (κ1) is 19.9. The number of nitrogens with one attached hydrogen (secondary N) is 2. The average Bonchev–Trinajstić information content (AvgIpc) is 2.73. The molecule has 2 fully saturated rings. The zero-order valence-electron chi connectivity index (χ0n) is 16.6. The Bertz CT molecular complexity index is 898. The van der Waals surface area contributed by atoms with E-state index in [9.17, 15) is 8.42 Å². The Morgan fingerprint density at radius 2 is 1.36 bits per heavy atom. The Morgan fingerprint density at radius 3 is 2.04 bits per heavy atom. The molecule has 4 nitrogen and oxygen atoms in total. The average molecular weight is 401 g/mol. The number of benzene rings is 2. The fourth-order valence-electron chi connectivity index (χ4n) is 4.79. The molecule has 2 aliphatic carbocycles. The smallest absolute Gasteiger partial charge is 0.241 e. The third kappa shape index (κ3) is 4.58. The van der Waals surface area contributed by atoms with Crippen LogP contribution in [0.4, 0.5) is 0 Å². The van der Waals surface area contributed by atoms with Crippen molar-refractivity contribution in [3.8, 4) is 0 Å². The standard InChI is InChI=1S/C23H32N2O2S/c26-28(27,25-20-11-5-2-6-12-20)23-16-15-18(21-13-7-8-14-22(21)23)17-24-19-9-3-1-4-10-19/h7-8,13-16,19-20,24-25H,1-6,9-12,17H2. The van der Waals surface area contributed by atoms with Crippen LogP contribution in [0.1, 0.15) is 69.8 Å². The second-order valence-corrected chi connectivity index (χ2v) is 10.1. The molecule has 2 aliphatic rings. The van der Waals surface area contributed by atoms with Crippen LogP contribution in [0, 0.1) is 0 Å². The summed E-state index contributed by atoms with van der Waals surface area (Å²) < 4.78 is 29.2. The van der Waals surface area contributed by atoms with Gasteiger partial charge >= 0.3 is 0 Å². The van der Waals surface area contributed by atoms with Crippen molar-refractivity contribution in [1.82, 2.24) is 10.0 Å². The summed E-state index contributed by atoms with van der Waals surface area (Å²) in [5.41, 5.74) is 1.18. The highest BCUT2D eigenvalue weighted by molar-refractivity contribution is 7.89. The topological polar surface area (TPSA) is 58.2 Å². The van der Waals surface area contributed by atoms with Crippen molar-refractivity contribution in [3.63, 3.8) is 0 Å². The van der Waals surface area contributed by atoms with Crippen LogP contribution in [0.15, 0.2) is 41.3 Å². The highest BCUT2D eigenvalue weighted by atomic mass is 32.2. The van der Waals surface area contributed by atoms with Crippen molar-refractivity contribution in [1.29, 1.82) is 0 Å². The van der Waals surface area contributed by atoms with Crippen LogP contribution in [0.5, 0.6) is 0 Å². The Balaban J connectivity index is 1.57. The number of hydrogen-bond acceptors (Lipinski definition) is 3. The molecule has 5 heteroatoms. The monoisotopic (exact) mass is 400 g/mol. The third-order valence-electron chi connectivity index (χ3n) is 6.38. The summed E-state index contributed by atoms with van der Waals surface area (Å²) in [5, 5.41) is 5.56. The molecule has 0 saturated heterocycles. The molecule has 2 aromatic rings. The first-order valence-corrected chi connectivity index (χ1v) is 12.4. The molecule has 0 amide bonds. The Morgan fingerprint density at radius 1 is 0.750 bits per heavy atom. The molecule has 0 spiro atoms. The van der Waals surface area contributed by atoms with Crippen LogP contribution in [-0.4, -0.2) is 20.5 Å². The van der Waals surface area contributed by atoms with E-state index in [1.165, 1.54) is 44.1 Å². The van der Waals surface area contributed by atoms with Gasteiger partial charge in [0.05, 0.1) is 4.90 Å². The van der Waals surface area contributed by atoms with Gasteiger partial charge in [-0.05, 0) is 42.7 Å². The lowest BCUT2D eigenvalue weighted by atomic mass is 9.95. The quantitative estimate of drug-likeness (QED) is 0.727. The van der Waals surface area contributed by atoms with E-state index in [1.807, 2.05) is 30.3 Å². The van der Waals surface area contributed by atoms with Gasteiger partial charge in [-0.15, -0.1) is 0 Å². The highest BCUT2D eigenvalue weighted by Crippen LogP contribution is 2.28. The molecule has 0 heterocycles. The van der Waals surface area contributed by atoms with E-state index in [2.05, 4.69) is 10.0 Å². The second-order valence-electron chi connectivity index (χ2n) is 8.44. The minimum Gasteiger partial charge on any atom is -0.310 e. The summed E-state index contributed by atoms with van der Waals surface area (Å²) >= 11 is 0. The Kier molecular flexibility index (Phi) is 6.34. The summed E-state index contributed by atoms with van der Waals surface area (Å²) in [6, 6.07) is 12.4. The maximum Gasteiger partial charge on any atom is 0.241 e. The van der Waals surface area contributed by atoms with Crippen molar-refractivity contribution < 1.29 is 8.42 Å². The number of hydrogen-bond donors (Lipinski definition) is 2. The van der Waals surface area contributed by atoms with Gasteiger partial charge in [-0.2, -0.15) is 0 Å². The van der Waals surface area contributed by atoms with E-state index >= 15 is 0 Å². The number of fused-ring (bicyclic) bond motifs is 1. The molecule has 0 bridgehead atoms. The Hall–Kier alpha value is -1.43. The van der Waals surface area contributed by atoms with Gasteiger partial charge < -0.3 is 5.32 Å². The summed E-state index contributed by atoms with van der Waals surface area (Å²) in [4.78, 5) is 0.412. The lowest BCUT2D eigenvalue weighted by Gasteiger charge is -2.24. The first-order chi connectivity index (χ1) is 13.6. The van der Waals surface area contributed by atoms with E-state index in [0.717, 1.165) is 43.0 Å². The van der Waals surface area contributed by atoms with Crippen LogP contribution in [0.25, 0.3) is 10.8 Å². The van der Waals surface area contributed by atoms with Crippen LogP contribution < -0.4 is 10.0 Å². The predicted molar refractivity (Wildman–Crippen MR) is 115 cm³/mol. The molecule has 4 rings (SSSR count). The summed E-state index contributed by atoms with van der Waals surface area (Å²) in [7, 11) is -3.51. The molecule has 0 unspecified atom stereocenters. The van der Waals surface area contributed by atoms with Crippen LogP contribution in [-0.2, 0) is 16.6 Å². The van der Waals surface area contributed by atoms with Crippen molar-refractivity contribution in [2.75, 3.05) is 0 Å². The lowest BCUT2D eigenvalue weighted by molar-refractivity contribution is 0.373. The van der Waals surface area contributed by atoms with Crippen molar-refractivity contribution >= 4 is 20.8 Å². The minimum absolute atomic E-state index is 0.0742. The molecule has 0 radical (unpaired) electrons. The largest absolute Gasteiger partial charge is 0.310 e. The lowest BCUT2D eigenvalue weighted by Crippen LogP contribution is -2.36. The maximum atomic E-state index is 13.1. The van der Waals surface area contributed by atoms with E-state index in [4.69, 9.17) is 0 Å². The summed E-state index contributed by atoms with van der Waals surface area (Å²) in [6.07, 6.45) is 11.8. The summed E-state index contributed by atoms with van der Waals surface area (Å²) in [6.45, 7) is 0.793. The molecule has 0 aromatic heterocycles. The zero-order chi connectivity index (χ0) is 19.4. The fourth-order valence-corrected chi connectivity index (χ4v) is 6.30. The van der Waals surface area contributed by atoms with Gasteiger partial charge in [0.15, 0.2) is 0 Å². The number of sulfonamides is 1. The van der Waals surface area contributed by atoms with Gasteiger partial charge in [-0.25, -0.2) is 13.1 Å². The van der Waals surface area contributed by atoms with Crippen LogP contribution in [0.3, 0.4) is 0 Å². The third-order valence-corrected chi connectivity index (χ3v) is 7.96. The van der Waals surface area contributed by atoms with E-state index in [0.29, 0.717) is 10.9 Å². The normalized spacial score (nSPS) is 19.9. The van der Waals surface area contributed by atoms with E-state index in [-0.39, 0.29) is 6.04 Å². The summed E-state index contributed by atoms with van der Waals surface area (Å²) in [5.74, 6) is 0. The van der Waals surface area contributed by atoms with Crippen molar-refractivity contribution in [2.45, 2.75) is 87.7 Å². The van der Waals surface area contributed by atoms with Gasteiger partial charge in [-0.1, -0.05) is 68.9 Å². The molecule has 0 atom stereocenters. The van der Waals surface area contributed by atoms with Crippen LogP contribution >= 0.6 is 0 Å². The van der Waals surface area contributed by atoms with Crippen LogP contribution in [0.2, 0.25) is 0 Å². The SMILES string of the molecule is O=S(=O)(NC1CCCCC1)c1ccc(CNC2CCCCC2)c2ccccc12. The Labute approximate surface area is 169 Å². The van der Waals surface area contributed by atoms with Crippen molar-refractivity contribution in [2.24, 2.45) is 0 Å². The maximum absolute atomic E-state index is 13.1. The molecular formula is C23H32N2O2S. The van der Waals surface area contributed by atoms with Crippen molar-refractivity contribution in [3.05, 3.63) is 42.0 Å². The molecule has 2 N–H and O–H groups in total. The van der Waals surface area contributed by atoms with Gasteiger partial charge in [-0.3, -0.25) is 0 Å². The van der Waals surface area contributed by atoms with E-state index in [1.54, 1.807) is 6.07 Å². The van der Waals surface area contributed by atoms with Gasteiger partial charge in [0, 0.05) is 24.0 Å². The first-order valence-electron chi connectivity index (χ1n) is 10.9. The van der Waals surface area contributed by atoms with Gasteiger partial charge in [0.2, 0.25) is 10.0 Å². The predicted octanol–water partition coefficient (Wildman–Crippen LogP) is 4.87. The molecule has 0 aliphatic heterocycles. The molecule has 2 saturated carbocycles. The molecular weight excluding hydrogens is 368 g/mol. The van der Waals surface area contributed by atoms with E-state index < -0.39 is 10.0 Å². The zero-order valence-corrected chi connectivity index (χ0v) is 17.4. The number of rotatable bonds is 6. The highest BCUT2D eigenvalue weighted by Gasteiger charge is 2.24. The van der Waals surface area contributed by atoms with Gasteiger partial charge in [0.25, 0.3) is 0 Å². The minimum atomic E-state index is -3.51.